The molecule has 3 atom stereocenters. The summed E-state index contributed by atoms with van der Waals surface area (Å²) in [5, 5.41) is 0. The van der Waals surface area contributed by atoms with Crippen LogP contribution in [0, 0.1) is 18.8 Å². The maximum Gasteiger partial charge on any atom is 0.171 e. The van der Waals surface area contributed by atoms with E-state index in [-0.39, 0.29) is 11.2 Å². The molecule has 4 nitrogen and oxygen atoms in total. The van der Waals surface area contributed by atoms with Crippen LogP contribution in [0.15, 0.2) is 54.6 Å². The summed E-state index contributed by atoms with van der Waals surface area (Å²) in [4.78, 5) is 5.20. The Bertz CT molecular complexity index is 1130. The summed E-state index contributed by atoms with van der Waals surface area (Å²) < 4.78 is 14.7. The van der Waals surface area contributed by atoms with E-state index in [9.17, 15) is 0 Å². The normalized spacial score (nSPS) is 28.5. The van der Waals surface area contributed by atoms with Gasteiger partial charge >= 0.3 is 0 Å². The molecule has 3 aliphatic rings. The van der Waals surface area contributed by atoms with Gasteiger partial charge in [0.25, 0.3) is 0 Å². The summed E-state index contributed by atoms with van der Waals surface area (Å²) in [6, 6.07) is 19.5. The summed E-state index contributed by atoms with van der Waals surface area (Å²) in [7, 11) is 0. The number of hydrogen-bond acceptors (Lipinski definition) is 3. The molecule has 1 aliphatic heterocycles. The molecule has 0 bridgehead atoms. The van der Waals surface area contributed by atoms with Crippen LogP contribution in [0.1, 0.15) is 50.3 Å². The highest BCUT2D eigenvalue weighted by Crippen LogP contribution is 2.56. The molecule has 3 aromatic rings. The minimum atomic E-state index is -0.368. The SMILES string of the molecule is Cc1nc2c(n1-c1ccc(-c3ccccc3)cc1)CC[C@H]1[C@H](C)C3(CC[C@]21C)OCCO3. The van der Waals surface area contributed by atoms with Gasteiger partial charge in [-0.3, -0.25) is 0 Å². The van der Waals surface area contributed by atoms with Gasteiger partial charge in [-0.2, -0.15) is 0 Å². The van der Waals surface area contributed by atoms with Gasteiger partial charge in [0.2, 0.25) is 0 Å². The second-order valence-electron chi connectivity index (χ2n) is 10.1. The second-order valence-corrected chi connectivity index (χ2v) is 10.1. The highest BCUT2D eigenvalue weighted by molar-refractivity contribution is 5.64. The average molecular weight is 429 g/mol. The Morgan fingerprint density at radius 2 is 1.62 bits per heavy atom. The Hall–Kier alpha value is -2.43. The van der Waals surface area contributed by atoms with Crippen molar-refractivity contribution < 1.29 is 9.47 Å². The van der Waals surface area contributed by atoms with E-state index in [0.717, 1.165) is 44.7 Å². The van der Waals surface area contributed by atoms with Gasteiger partial charge < -0.3 is 14.0 Å². The second kappa shape index (κ2) is 7.29. The number of imidazole rings is 1. The minimum Gasteiger partial charge on any atom is -0.347 e. The summed E-state index contributed by atoms with van der Waals surface area (Å²) in [6.45, 7) is 8.38. The van der Waals surface area contributed by atoms with Gasteiger partial charge in [-0.05, 0) is 55.4 Å². The third-order valence-electron chi connectivity index (χ3n) is 8.49. The molecule has 4 heteroatoms. The Morgan fingerprint density at radius 1 is 0.938 bits per heavy atom. The number of benzene rings is 2. The zero-order chi connectivity index (χ0) is 21.9. The van der Waals surface area contributed by atoms with Crippen LogP contribution in [-0.2, 0) is 21.3 Å². The third-order valence-corrected chi connectivity index (χ3v) is 8.49. The lowest BCUT2D eigenvalue weighted by Gasteiger charge is -2.53. The van der Waals surface area contributed by atoms with Gasteiger partial charge in [-0.25, -0.2) is 4.98 Å². The van der Waals surface area contributed by atoms with Crippen molar-refractivity contribution in [1.29, 1.82) is 0 Å². The monoisotopic (exact) mass is 428 g/mol. The van der Waals surface area contributed by atoms with E-state index in [1.165, 1.54) is 28.2 Å². The number of hydrogen-bond donors (Lipinski definition) is 0. The first-order valence-electron chi connectivity index (χ1n) is 12.0. The predicted octanol–water partition coefficient (Wildman–Crippen LogP) is 5.84. The molecule has 6 rings (SSSR count). The first-order chi connectivity index (χ1) is 15.5. The molecule has 1 saturated heterocycles. The molecule has 1 aromatic heterocycles. The van der Waals surface area contributed by atoms with E-state index < -0.39 is 0 Å². The molecule has 2 aliphatic carbocycles. The number of ether oxygens (including phenoxy) is 2. The molecule has 1 saturated carbocycles. The molecule has 0 radical (unpaired) electrons. The molecule has 2 heterocycles. The Morgan fingerprint density at radius 3 is 2.34 bits per heavy atom. The lowest BCUT2D eigenvalue weighted by Crippen LogP contribution is -2.55. The van der Waals surface area contributed by atoms with Crippen LogP contribution in [0.5, 0.6) is 0 Å². The smallest absolute Gasteiger partial charge is 0.171 e. The Balaban J connectivity index is 1.36. The highest BCUT2D eigenvalue weighted by Gasteiger charge is 2.58. The van der Waals surface area contributed by atoms with Crippen LogP contribution in [0.2, 0.25) is 0 Å². The fourth-order valence-corrected chi connectivity index (χ4v) is 6.78. The largest absolute Gasteiger partial charge is 0.347 e. The van der Waals surface area contributed by atoms with Crippen LogP contribution in [0.4, 0.5) is 0 Å². The Labute approximate surface area is 190 Å². The van der Waals surface area contributed by atoms with Crippen molar-refractivity contribution in [3.63, 3.8) is 0 Å². The van der Waals surface area contributed by atoms with Crippen LogP contribution in [0.3, 0.4) is 0 Å². The summed E-state index contributed by atoms with van der Waals surface area (Å²) >= 11 is 0. The van der Waals surface area contributed by atoms with Crippen molar-refractivity contribution in [3.8, 4) is 16.8 Å². The first kappa shape index (κ1) is 20.2. The third kappa shape index (κ3) is 2.85. The Kier molecular flexibility index (Phi) is 4.60. The van der Waals surface area contributed by atoms with Crippen LogP contribution in [0.25, 0.3) is 16.8 Å². The van der Waals surface area contributed by atoms with Crippen molar-refractivity contribution in [2.24, 2.45) is 11.8 Å². The average Bonchev–Trinajstić information content (AvgIpc) is 3.43. The molecular weight excluding hydrogens is 396 g/mol. The van der Waals surface area contributed by atoms with Crippen molar-refractivity contribution in [3.05, 3.63) is 71.8 Å². The lowest BCUT2D eigenvalue weighted by molar-refractivity contribution is -0.234. The highest BCUT2D eigenvalue weighted by atomic mass is 16.7. The van der Waals surface area contributed by atoms with Crippen molar-refractivity contribution >= 4 is 0 Å². The van der Waals surface area contributed by atoms with Crippen molar-refractivity contribution in [2.45, 2.75) is 57.7 Å². The molecule has 0 unspecified atom stereocenters. The maximum atomic E-state index is 6.17. The number of rotatable bonds is 2. The zero-order valence-electron chi connectivity index (χ0n) is 19.3. The standard InChI is InChI=1S/C28H32N2O2/c1-19-24-13-14-25-26(27(24,3)15-16-28(19)31-17-18-32-28)29-20(2)30(25)23-11-9-22(10-12-23)21-7-5-4-6-8-21/h4-12,19,24H,13-18H2,1-3H3/t19-,24-,27-/m0/s1. The van der Waals surface area contributed by atoms with E-state index in [1.54, 1.807) is 0 Å². The van der Waals surface area contributed by atoms with E-state index in [2.05, 4.69) is 79.9 Å². The van der Waals surface area contributed by atoms with E-state index in [1.807, 2.05) is 0 Å². The fraction of sp³-hybridized carbons (Fsp3) is 0.464. The summed E-state index contributed by atoms with van der Waals surface area (Å²) in [5.41, 5.74) is 6.48. The van der Waals surface area contributed by atoms with Gasteiger partial charge in [0.15, 0.2) is 5.79 Å². The molecule has 2 fully saturated rings. The van der Waals surface area contributed by atoms with E-state index >= 15 is 0 Å². The van der Waals surface area contributed by atoms with Crippen LogP contribution >= 0.6 is 0 Å². The number of nitrogens with zero attached hydrogens (tertiary/aromatic N) is 2. The predicted molar refractivity (Wildman–Crippen MR) is 126 cm³/mol. The molecule has 2 aromatic carbocycles. The molecule has 166 valence electrons. The van der Waals surface area contributed by atoms with Gasteiger partial charge in [0.05, 0.1) is 18.9 Å². The topological polar surface area (TPSA) is 36.3 Å². The molecule has 0 N–H and O–H groups in total. The van der Waals surface area contributed by atoms with E-state index in [0.29, 0.717) is 11.8 Å². The molecule has 32 heavy (non-hydrogen) atoms. The van der Waals surface area contributed by atoms with E-state index in [4.69, 9.17) is 14.5 Å². The minimum absolute atomic E-state index is 0.0769. The first-order valence-corrected chi connectivity index (χ1v) is 12.0. The number of aryl methyl sites for hydroxylation is 1. The van der Waals surface area contributed by atoms with Crippen LogP contribution < -0.4 is 0 Å². The van der Waals surface area contributed by atoms with Gasteiger partial charge in [0.1, 0.15) is 5.82 Å². The quantitative estimate of drug-likeness (QED) is 0.514. The lowest BCUT2D eigenvalue weighted by atomic mass is 9.55. The summed E-state index contributed by atoms with van der Waals surface area (Å²) in [5.74, 6) is 1.63. The zero-order valence-corrected chi connectivity index (χ0v) is 19.3. The van der Waals surface area contributed by atoms with Crippen molar-refractivity contribution in [2.75, 3.05) is 13.2 Å². The maximum absolute atomic E-state index is 6.17. The van der Waals surface area contributed by atoms with Gasteiger partial charge in [-0.1, -0.05) is 56.3 Å². The number of fused-ring (bicyclic) bond motifs is 3. The molecule has 1 spiro atoms. The fourth-order valence-electron chi connectivity index (χ4n) is 6.78. The molecular formula is C28H32N2O2. The van der Waals surface area contributed by atoms with Crippen molar-refractivity contribution in [1.82, 2.24) is 9.55 Å². The number of aromatic nitrogens is 2. The van der Waals surface area contributed by atoms with Gasteiger partial charge in [-0.15, -0.1) is 0 Å². The van der Waals surface area contributed by atoms with Crippen LogP contribution in [-0.4, -0.2) is 28.6 Å². The van der Waals surface area contributed by atoms with Gasteiger partial charge in [0, 0.05) is 29.1 Å². The molecule has 0 amide bonds. The summed E-state index contributed by atoms with van der Waals surface area (Å²) in [6.07, 6.45) is 4.24.